The number of nitrogens with one attached hydrogen (secondary N) is 1. The third-order valence-electron chi connectivity index (χ3n) is 2.35. The molecule has 4 nitrogen and oxygen atoms in total. The van der Waals surface area contributed by atoms with Crippen molar-refractivity contribution in [3.05, 3.63) is 43.2 Å². The van der Waals surface area contributed by atoms with Crippen molar-refractivity contribution in [3.8, 4) is 0 Å². The average Bonchev–Trinajstić information content (AvgIpc) is 2.76. The van der Waals surface area contributed by atoms with Gasteiger partial charge in [-0.05, 0) is 50.1 Å². The quantitative estimate of drug-likeness (QED) is 0.755. The van der Waals surface area contributed by atoms with Crippen molar-refractivity contribution < 1.29 is 17.9 Å². The van der Waals surface area contributed by atoms with Crippen LogP contribution < -0.4 is 4.72 Å². The molecule has 2 N–H and O–H groups in total. The summed E-state index contributed by atoms with van der Waals surface area (Å²) in [5.41, 5.74) is -0.156. The van der Waals surface area contributed by atoms with Crippen molar-refractivity contribution in [3.63, 3.8) is 0 Å². The second-order valence-electron chi connectivity index (χ2n) is 3.71. The second-order valence-corrected chi connectivity index (χ2v) is 8.67. The molecule has 108 valence electrons. The molecule has 0 amide bonds. The van der Waals surface area contributed by atoms with E-state index in [0.29, 0.717) is 13.1 Å². The molecule has 1 aromatic heterocycles. The van der Waals surface area contributed by atoms with Crippen LogP contribution in [0.5, 0.6) is 0 Å². The molecule has 0 bridgehead atoms. The molecule has 0 atom stereocenters. The Labute approximate surface area is 135 Å². The Balaban J connectivity index is 2.43. The van der Waals surface area contributed by atoms with Crippen LogP contribution in [-0.4, -0.2) is 13.5 Å². The number of anilines is 1. The number of para-hydroxylation sites is 1. The number of rotatable bonds is 4. The maximum absolute atomic E-state index is 13.7. The van der Waals surface area contributed by atoms with Gasteiger partial charge in [-0.2, -0.15) is 0 Å². The topological polar surface area (TPSA) is 66.4 Å². The Morgan fingerprint density at radius 2 is 2.05 bits per heavy atom. The van der Waals surface area contributed by atoms with Crippen molar-refractivity contribution in [1.29, 1.82) is 0 Å². The molecule has 1 aromatic carbocycles. The molecule has 9 heteroatoms. The van der Waals surface area contributed by atoms with E-state index in [2.05, 4.69) is 36.6 Å². The summed E-state index contributed by atoms with van der Waals surface area (Å²) in [4.78, 5) is 0.451. The number of aliphatic hydroxyl groups excluding tert-OH is 1. The zero-order valence-corrected chi connectivity index (χ0v) is 14.5. The monoisotopic (exact) mass is 443 g/mol. The second kappa shape index (κ2) is 6.10. The number of benzene rings is 1. The van der Waals surface area contributed by atoms with Crippen LogP contribution in [0.3, 0.4) is 0 Å². The van der Waals surface area contributed by atoms with Crippen LogP contribution in [-0.2, 0) is 16.6 Å². The number of aliphatic hydroxyl groups is 1. The minimum absolute atomic E-state index is 0.0401. The first-order valence-corrected chi connectivity index (χ1v) is 9.09. The molecule has 1 heterocycles. The van der Waals surface area contributed by atoms with Crippen LogP contribution in [0.25, 0.3) is 0 Å². The van der Waals surface area contributed by atoms with E-state index in [1.165, 1.54) is 18.2 Å². The van der Waals surface area contributed by atoms with E-state index in [4.69, 9.17) is 5.11 Å². The predicted octanol–water partition coefficient (Wildman–Crippen LogP) is 3.71. The van der Waals surface area contributed by atoms with E-state index >= 15 is 0 Å². The van der Waals surface area contributed by atoms with Crippen molar-refractivity contribution in [2.45, 2.75) is 11.5 Å². The fourth-order valence-electron chi connectivity index (χ4n) is 1.44. The van der Waals surface area contributed by atoms with Crippen LogP contribution in [0.4, 0.5) is 10.1 Å². The number of hydrogen-bond acceptors (Lipinski definition) is 4. The lowest BCUT2D eigenvalue weighted by Crippen LogP contribution is -2.14. The van der Waals surface area contributed by atoms with Gasteiger partial charge >= 0.3 is 0 Å². The third-order valence-corrected chi connectivity index (χ3v) is 6.60. The van der Waals surface area contributed by atoms with Gasteiger partial charge in [-0.1, -0.05) is 6.07 Å². The van der Waals surface area contributed by atoms with Crippen LogP contribution in [0.15, 0.2) is 37.4 Å². The maximum Gasteiger partial charge on any atom is 0.264 e. The van der Waals surface area contributed by atoms with Gasteiger partial charge in [-0.15, -0.1) is 11.3 Å². The van der Waals surface area contributed by atoms with Gasteiger partial charge < -0.3 is 5.11 Å². The SMILES string of the molecule is O=S(=O)(Nc1c(F)cccc1Br)c1cc(CO)sc1Br. The highest BCUT2D eigenvalue weighted by Gasteiger charge is 2.23. The molecule has 0 aliphatic carbocycles. The van der Waals surface area contributed by atoms with Crippen molar-refractivity contribution in [2.75, 3.05) is 4.72 Å². The molecule has 2 aromatic rings. The minimum atomic E-state index is -3.95. The van der Waals surface area contributed by atoms with Crippen LogP contribution in [0.1, 0.15) is 4.88 Å². The Hall–Kier alpha value is -0.480. The molecule has 0 unspecified atom stereocenters. The Morgan fingerprint density at radius 3 is 2.60 bits per heavy atom. The van der Waals surface area contributed by atoms with Gasteiger partial charge in [0.2, 0.25) is 0 Å². The third kappa shape index (κ3) is 3.22. The molecule has 0 fully saturated rings. The molecule has 20 heavy (non-hydrogen) atoms. The summed E-state index contributed by atoms with van der Waals surface area (Å²) < 4.78 is 41.0. The lowest BCUT2D eigenvalue weighted by molar-refractivity contribution is 0.285. The number of halogens is 3. The van der Waals surface area contributed by atoms with E-state index in [1.54, 1.807) is 0 Å². The van der Waals surface area contributed by atoms with Crippen molar-refractivity contribution in [2.24, 2.45) is 0 Å². The molecule has 0 aliphatic rings. The zero-order valence-electron chi connectivity index (χ0n) is 9.73. The summed E-state index contributed by atoms with van der Waals surface area (Å²) in [6.45, 7) is -0.262. The van der Waals surface area contributed by atoms with E-state index in [0.717, 1.165) is 17.4 Å². The van der Waals surface area contributed by atoms with Gasteiger partial charge in [0, 0.05) is 9.35 Å². The van der Waals surface area contributed by atoms with Crippen molar-refractivity contribution >= 4 is 58.9 Å². The van der Waals surface area contributed by atoms with Crippen molar-refractivity contribution in [1.82, 2.24) is 0 Å². The van der Waals surface area contributed by atoms with Gasteiger partial charge in [0.15, 0.2) is 0 Å². The van der Waals surface area contributed by atoms with Crippen LogP contribution in [0.2, 0.25) is 0 Å². The van der Waals surface area contributed by atoms with E-state index in [1.807, 2.05) is 0 Å². The summed E-state index contributed by atoms with van der Waals surface area (Å²) >= 11 is 7.32. The van der Waals surface area contributed by atoms with Gasteiger partial charge in [0.25, 0.3) is 10.0 Å². The fourth-order valence-corrected chi connectivity index (χ4v) is 5.65. The Morgan fingerprint density at radius 1 is 1.35 bits per heavy atom. The van der Waals surface area contributed by atoms with Crippen LogP contribution >= 0.6 is 43.2 Å². The zero-order chi connectivity index (χ0) is 14.9. The van der Waals surface area contributed by atoms with Gasteiger partial charge in [-0.25, -0.2) is 12.8 Å². The molecule has 0 spiro atoms. The summed E-state index contributed by atoms with van der Waals surface area (Å²) in [5, 5.41) is 9.03. The molecule has 0 saturated heterocycles. The summed E-state index contributed by atoms with van der Waals surface area (Å²) in [6, 6.07) is 5.49. The highest BCUT2D eigenvalue weighted by atomic mass is 79.9. The molecular formula is C11H8Br2FNO3S2. The lowest BCUT2D eigenvalue weighted by Gasteiger charge is -2.09. The Kier molecular flexibility index (Phi) is 4.85. The normalized spacial score (nSPS) is 11.6. The van der Waals surface area contributed by atoms with Gasteiger partial charge in [0.1, 0.15) is 10.7 Å². The fraction of sp³-hybridized carbons (Fsp3) is 0.0909. The number of thiophene rings is 1. The maximum atomic E-state index is 13.7. The first-order chi connectivity index (χ1) is 9.35. The largest absolute Gasteiger partial charge is 0.391 e. The predicted molar refractivity (Wildman–Crippen MR) is 82.9 cm³/mol. The van der Waals surface area contributed by atoms with Gasteiger partial charge in [0.05, 0.1) is 16.1 Å². The standard InChI is InChI=1S/C11H8Br2FNO3S2/c12-7-2-1-3-8(14)10(7)15-20(17,18)9-4-6(5-16)19-11(9)13/h1-4,15-16H,5H2. The number of sulfonamides is 1. The molecule has 2 rings (SSSR count). The highest BCUT2D eigenvalue weighted by Crippen LogP contribution is 2.34. The summed E-state index contributed by atoms with van der Waals surface area (Å²) in [6.07, 6.45) is 0. The smallest absolute Gasteiger partial charge is 0.264 e. The lowest BCUT2D eigenvalue weighted by atomic mass is 10.3. The average molecular weight is 445 g/mol. The molecule has 0 saturated carbocycles. The van der Waals surface area contributed by atoms with E-state index in [-0.39, 0.29) is 17.2 Å². The molecule has 0 aliphatic heterocycles. The summed E-state index contributed by atoms with van der Waals surface area (Å²) in [5.74, 6) is -0.684. The van der Waals surface area contributed by atoms with Gasteiger partial charge in [-0.3, -0.25) is 4.72 Å². The van der Waals surface area contributed by atoms with E-state index < -0.39 is 15.8 Å². The first kappa shape index (κ1) is 15.9. The molecular weight excluding hydrogens is 437 g/mol. The first-order valence-electron chi connectivity index (χ1n) is 5.21. The van der Waals surface area contributed by atoms with E-state index in [9.17, 15) is 12.8 Å². The number of hydrogen-bond donors (Lipinski definition) is 2. The minimum Gasteiger partial charge on any atom is -0.391 e. The van der Waals surface area contributed by atoms with Crippen LogP contribution in [0, 0.1) is 5.82 Å². The molecule has 0 radical (unpaired) electrons. The summed E-state index contributed by atoms with van der Waals surface area (Å²) in [7, 11) is -3.95. The Bertz CT molecular complexity index is 726. The highest BCUT2D eigenvalue weighted by molar-refractivity contribution is 9.11.